The molecule has 0 aliphatic rings. The third kappa shape index (κ3) is 6.29. The predicted octanol–water partition coefficient (Wildman–Crippen LogP) is 4.52. The number of nitrogens with zero attached hydrogens (tertiary/aromatic N) is 1. The number of rotatable bonds is 7. The standard InChI is InChI=1S/C17H23Cl2NO2/c1-12(2)10-20(17(21)8-5-13(3)18)11-14-6-7-15(19)16(9-14)22-4/h5-9,12-13H,10-11H2,1-4H3/b8-5+. The van der Waals surface area contributed by atoms with Crippen molar-refractivity contribution in [3.8, 4) is 5.75 Å². The van der Waals surface area contributed by atoms with Crippen LogP contribution >= 0.6 is 23.2 Å². The van der Waals surface area contributed by atoms with Crippen LogP contribution in [-0.4, -0.2) is 29.8 Å². The fourth-order valence-electron chi connectivity index (χ4n) is 2.02. The monoisotopic (exact) mass is 343 g/mol. The van der Waals surface area contributed by atoms with Crippen LogP contribution in [-0.2, 0) is 11.3 Å². The third-order valence-electron chi connectivity index (χ3n) is 2.99. The molecule has 0 aliphatic heterocycles. The second-order valence-corrected chi connectivity index (χ2v) is 6.71. The quantitative estimate of drug-likeness (QED) is 0.538. The minimum atomic E-state index is -0.166. The lowest BCUT2D eigenvalue weighted by molar-refractivity contribution is -0.127. The summed E-state index contributed by atoms with van der Waals surface area (Å²) in [4.78, 5) is 14.1. The van der Waals surface area contributed by atoms with Crippen molar-refractivity contribution in [1.29, 1.82) is 0 Å². The average Bonchev–Trinajstić information content (AvgIpc) is 2.45. The number of alkyl halides is 1. The first-order valence-corrected chi connectivity index (χ1v) is 8.08. The van der Waals surface area contributed by atoms with E-state index >= 15 is 0 Å². The summed E-state index contributed by atoms with van der Waals surface area (Å²) in [6, 6.07) is 5.54. The van der Waals surface area contributed by atoms with Crippen LogP contribution < -0.4 is 4.74 Å². The maximum absolute atomic E-state index is 12.3. The Balaban J connectivity index is 2.91. The van der Waals surface area contributed by atoms with Gasteiger partial charge in [-0.15, -0.1) is 11.6 Å². The first kappa shape index (κ1) is 18.9. The maximum atomic E-state index is 12.3. The van der Waals surface area contributed by atoms with Crippen molar-refractivity contribution in [1.82, 2.24) is 4.90 Å². The van der Waals surface area contributed by atoms with E-state index in [9.17, 15) is 4.79 Å². The topological polar surface area (TPSA) is 29.5 Å². The highest BCUT2D eigenvalue weighted by atomic mass is 35.5. The molecular weight excluding hydrogens is 321 g/mol. The highest BCUT2D eigenvalue weighted by molar-refractivity contribution is 6.32. The zero-order valence-corrected chi connectivity index (χ0v) is 15.0. The summed E-state index contributed by atoms with van der Waals surface area (Å²) in [6.07, 6.45) is 3.23. The van der Waals surface area contributed by atoms with Crippen LogP contribution in [0.25, 0.3) is 0 Å². The molecule has 0 N–H and O–H groups in total. The number of benzene rings is 1. The fourth-order valence-corrected chi connectivity index (χ4v) is 2.28. The Hall–Kier alpha value is -1.19. The van der Waals surface area contributed by atoms with Gasteiger partial charge in [-0.25, -0.2) is 0 Å². The summed E-state index contributed by atoms with van der Waals surface area (Å²) < 4.78 is 5.22. The molecule has 0 aliphatic carbocycles. The Morgan fingerprint density at radius 3 is 2.59 bits per heavy atom. The third-order valence-corrected chi connectivity index (χ3v) is 3.45. The fraction of sp³-hybridized carbons (Fsp3) is 0.471. The molecule has 1 unspecified atom stereocenters. The summed E-state index contributed by atoms with van der Waals surface area (Å²) in [6.45, 7) is 7.16. The second-order valence-electron chi connectivity index (χ2n) is 5.62. The van der Waals surface area contributed by atoms with Crippen LogP contribution in [0.5, 0.6) is 5.75 Å². The SMILES string of the molecule is COc1cc(CN(CC(C)C)C(=O)/C=C/C(C)Cl)ccc1Cl. The van der Waals surface area contributed by atoms with E-state index in [1.807, 2.05) is 19.1 Å². The van der Waals surface area contributed by atoms with Crippen molar-refractivity contribution in [3.63, 3.8) is 0 Å². The van der Waals surface area contributed by atoms with E-state index in [0.717, 1.165) is 5.56 Å². The number of carbonyl (C=O) groups excluding carboxylic acids is 1. The Bertz CT molecular complexity index is 527. The molecule has 0 bridgehead atoms. The molecule has 0 heterocycles. The zero-order valence-electron chi connectivity index (χ0n) is 13.5. The van der Waals surface area contributed by atoms with Crippen molar-refractivity contribution in [3.05, 3.63) is 40.9 Å². The molecule has 1 amide bonds. The lowest BCUT2D eigenvalue weighted by Gasteiger charge is -2.24. The molecule has 0 fully saturated rings. The summed E-state index contributed by atoms with van der Waals surface area (Å²) in [5.74, 6) is 0.941. The Morgan fingerprint density at radius 1 is 1.36 bits per heavy atom. The van der Waals surface area contributed by atoms with Gasteiger partial charge in [0.2, 0.25) is 5.91 Å². The first-order chi connectivity index (χ1) is 10.3. The minimum absolute atomic E-state index is 0.0462. The minimum Gasteiger partial charge on any atom is -0.495 e. The molecule has 1 atom stereocenters. The summed E-state index contributed by atoms with van der Waals surface area (Å²) in [5.41, 5.74) is 0.975. The van der Waals surface area contributed by atoms with Gasteiger partial charge in [0.25, 0.3) is 0 Å². The summed E-state index contributed by atoms with van der Waals surface area (Å²) >= 11 is 11.9. The molecule has 0 saturated heterocycles. The summed E-state index contributed by atoms with van der Waals surface area (Å²) in [7, 11) is 1.58. The van der Waals surface area contributed by atoms with E-state index < -0.39 is 0 Å². The predicted molar refractivity (Wildman–Crippen MR) is 92.7 cm³/mol. The van der Waals surface area contributed by atoms with Gasteiger partial charge in [-0.2, -0.15) is 0 Å². The van der Waals surface area contributed by atoms with Gasteiger partial charge in [-0.3, -0.25) is 4.79 Å². The van der Waals surface area contributed by atoms with E-state index in [0.29, 0.717) is 29.8 Å². The Labute approximate surface area is 142 Å². The van der Waals surface area contributed by atoms with Crippen molar-refractivity contribution in [2.24, 2.45) is 5.92 Å². The van der Waals surface area contributed by atoms with E-state index in [1.165, 1.54) is 6.08 Å². The van der Waals surface area contributed by atoms with Crippen LogP contribution in [0.4, 0.5) is 0 Å². The largest absolute Gasteiger partial charge is 0.495 e. The van der Waals surface area contributed by atoms with Crippen LogP contribution in [0.3, 0.4) is 0 Å². The van der Waals surface area contributed by atoms with Gasteiger partial charge in [-0.1, -0.05) is 37.6 Å². The number of ether oxygens (including phenoxy) is 1. The summed E-state index contributed by atoms with van der Waals surface area (Å²) in [5, 5.41) is 0.393. The van der Waals surface area contributed by atoms with Crippen molar-refractivity contribution >= 4 is 29.1 Å². The highest BCUT2D eigenvalue weighted by Crippen LogP contribution is 2.25. The molecule has 122 valence electrons. The van der Waals surface area contributed by atoms with E-state index in [-0.39, 0.29) is 11.3 Å². The maximum Gasteiger partial charge on any atom is 0.246 e. The average molecular weight is 344 g/mol. The molecule has 0 aromatic heterocycles. The molecule has 5 heteroatoms. The Kier molecular flexibility index (Phi) is 7.77. The van der Waals surface area contributed by atoms with E-state index in [1.54, 1.807) is 24.2 Å². The molecule has 0 radical (unpaired) electrons. The molecule has 1 aromatic carbocycles. The molecule has 3 nitrogen and oxygen atoms in total. The van der Waals surface area contributed by atoms with Crippen LogP contribution in [0.2, 0.25) is 5.02 Å². The van der Waals surface area contributed by atoms with E-state index in [2.05, 4.69) is 13.8 Å². The number of methoxy groups -OCH3 is 1. The molecule has 0 saturated carbocycles. The van der Waals surface area contributed by atoms with Gasteiger partial charge in [-0.05, 0) is 30.5 Å². The zero-order chi connectivity index (χ0) is 16.7. The van der Waals surface area contributed by atoms with Crippen molar-refractivity contribution in [2.45, 2.75) is 32.7 Å². The number of hydrogen-bond donors (Lipinski definition) is 0. The molecule has 22 heavy (non-hydrogen) atoms. The molecule has 1 rings (SSSR count). The van der Waals surface area contributed by atoms with Crippen molar-refractivity contribution < 1.29 is 9.53 Å². The van der Waals surface area contributed by atoms with Gasteiger partial charge < -0.3 is 9.64 Å². The number of amides is 1. The lowest BCUT2D eigenvalue weighted by atomic mass is 10.1. The number of carbonyl (C=O) groups is 1. The second kappa shape index (κ2) is 9.06. The van der Waals surface area contributed by atoms with Crippen LogP contribution in [0, 0.1) is 5.92 Å². The normalized spacial score (nSPS) is 12.7. The number of halogens is 2. The van der Waals surface area contributed by atoms with Gasteiger partial charge in [0.15, 0.2) is 0 Å². The number of allylic oxidation sites excluding steroid dienone is 1. The highest BCUT2D eigenvalue weighted by Gasteiger charge is 2.14. The van der Waals surface area contributed by atoms with Gasteiger partial charge in [0.1, 0.15) is 5.75 Å². The van der Waals surface area contributed by atoms with Crippen LogP contribution in [0.15, 0.2) is 30.4 Å². The smallest absolute Gasteiger partial charge is 0.246 e. The van der Waals surface area contributed by atoms with Gasteiger partial charge >= 0.3 is 0 Å². The molecule has 1 aromatic rings. The van der Waals surface area contributed by atoms with Crippen molar-refractivity contribution in [2.75, 3.05) is 13.7 Å². The number of hydrogen-bond acceptors (Lipinski definition) is 2. The first-order valence-electron chi connectivity index (χ1n) is 7.27. The van der Waals surface area contributed by atoms with E-state index in [4.69, 9.17) is 27.9 Å². The molecular formula is C17H23Cl2NO2. The van der Waals surface area contributed by atoms with Gasteiger partial charge in [0.05, 0.1) is 12.1 Å². The van der Waals surface area contributed by atoms with Crippen LogP contribution in [0.1, 0.15) is 26.3 Å². The lowest BCUT2D eigenvalue weighted by Crippen LogP contribution is -2.32. The Morgan fingerprint density at radius 2 is 2.05 bits per heavy atom. The van der Waals surface area contributed by atoms with Gasteiger partial charge in [0, 0.05) is 24.5 Å². The molecule has 0 spiro atoms.